The Morgan fingerprint density at radius 1 is 1.56 bits per heavy atom. The summed E-state index contributed by atoms with van der Waals surface area (Å²) in [7, 11) is 1.67. The van der Waals surface area contributed by atoms with Crippen molar-refractivity contribution in [1.82, 2.24) is 0 Å². The number of hydrogen-bond acceptors (Lipinski definition) is 2. The van der Waals surface area contributed by atoms with E-state index in [4.69, 9.17) is 16.3 Å². The summed E-state index contributed by atoms with van der Waals surface area (Å²) in [5, 5.41) is 11.0. The molecule has 0 radical (unpaired) electrons. The lowest BCUT2D eigenvalue weighted by Gasteiger charge is -2.36. The first kappa shape index (κ1) is 13.8. The van der Waals surface area contributed by atoms with Crippen LogP contribution < -0.4 is 0 Å². The maximum atomic E-state index is 13.0. The Hall–Kier alpha value is -0.640. The average Bonchev–Trinajstić information content (AvgIpc) is 2.33. The molecule has 2 unspecified atom stereocenters. The Balaban J connectivity index is 2.11. The van der Waals surface area contributed by atoms with Crippen molar-refractivity contribution in [3.63, 3.8) is 0 Å². The molecule has 100 valence electrons. The lowest BCUT2D eigenvalue weighted by atomic mass is 9.79. The van der Waals surface area contributed by atoms with Gasteiger partial charge in [-0.15, -0.1) is 0 Å². The monoisotopic (exact) mass is 272 g/mol. The molecule has 1 aromatic rings. The van der Waals surface area contributed by atoms with E-state index in [2.05, 4.69) is 0 Å². The van der Waals surface area contributed by atoms with Crippen LogP contribution in [-0.4, -0.2) is 23.9 Å². The largest absolute Gasteiger partial charge is 0.389 e. The summed E-state index contributed by atoms with van der Waals surface area (Å²) in [5.41, 5.74) is -0.00209. The molecule has 0 saturated heterocycles. The summed E-state index contributed by atoms with van der Waals surface area (Å²) in [6.45, 7) is 0. The molecule has 2 nitrogen and oxygen atoms in total. The number of rotatable bonds is 3. The molecular weight excluding hydrogens is 255 g/mol. The van der Waals surface area contributed by atoms with Crippen molar-refractivity contribution < 1.29 is 14.2 Å². The third kappa shape index (κ3) is 3.22. The van der Waals surface area contributed by atoms with E-state index in [9.17, 15) is 9.50 Å². The highest BCUT2D eigenvalue weighted by molar-refractivity contribution is 6.31. The molecule has 0 aliphatic heterocycles. The molecule has 4 heteroatoms. The molecule has 0 aromatic heterocycles. The van der Waals surface area contributed by atoms with Gasteiger partial charge in [0.2, 0.25) is 0 Å². The number of halogens is 2. The number of benzene rings is 1. The number of hydrogen-bond donors (Lipinski definition) is 1. The van der Waals surface area contributed by atoms with Gasteiger partial charge in [-0.1, -0.05) is 17.7 Å². The molecule has 1 N–H and O–H groups in total. The van der Waals surface area contributed by atoms with E-state index < -0.39 is 5.60 Å². The highest BCUT2D eigenvalue weighted by atomic mass is 35.5. The van der Waals surface area contributed by atoms with Gasteiger partial charge in [0.05, 0.1) is 11.7 Å². The fourth-order valence-corrected chi connectivity index (χ4v) is 2.90. The van der Waals surface area contributed by atoms with Gasteiger partial charge in [0.1, 0.15) is 5.82 Å². The van der Waals surface area contributed by atoms with Gasteiger partial charge in [-0.25, -0.2) is 4.39 Å². The first-order valence-electron chi connectivity index (χ1n) is 6.21. The Morgan fingerprint density at radius 3 is 3.00 bits per heavy atom. The zero-order valence-corrected chi connectivity index (χ0v) is 11.2. The van der Waals surface area contributed by atoms with Gasteiger partial charge in [0.15, 0.2) is 0 Å². The molecule has 0 spiro atoms. The van der Waals surface area contributed by atoms with Crippen LogP contribution in [0.15, 0.2) is 18.2 Å². The van der Waals surface area contributed by atoms with Crippen molar-refractivity contribution >= 4 is 11.6 Å². The second-order valence-corrected chi connectivity index (χ2v) is 5.50. The van der Waals surface area contributed by atoms with Gasteiger partial charge >= 0.3 is 0 Å². The normalized spacial score (nSPS) is 28.3. The quantitative estimate of drug-likeness (QED) is 0.914. The molecule has 1 aromatic carbocycles. The van der Waals surface area contributed by atoms with E-state index in [1.807, 2.05) is 0 Å². The Kier molecular flexibility index (Phi) is 4.25. The fourth-order valence-electron chi connectivity index (χ4n) is 2.67. The Bertz CT molecular complexity index is 424. The molecule has 1 aliphatic rings. The van der Waals surface area contributed by atoms with Crippen molar-refractivity contribution in [2.75, 3.05) is 7.11 Å². The predicted octanol–water partition coefficient (Wildman–Crippen LogP) is 3.34. The van der Waals surface area contributed by atoms with Gasteiger partial charge in [0, 0.05) is 25.0 Å². The van der Waals surface area contributed by atoms with Gasteiger partial charge in [0.25, 0.3) is 0 Å². The Labute approximate surface area is 112 Å². The van der Waals surface area contributed by atoms with Gasteiger partial charge in [-0.05, 0) is 37.0 Å². The zero-order chi connectivity index (χ0) is 13.2. The molecule has 2 rings (SSSR count). The van der Waals surface area contributed by atoms with Gasteiger partial charge in [-0.2, -0.15) is 0 Å². The van der Waals surface area contributed by atoms with E-state index in [0.29, 0.717) is 17.9 Å². The van der Waals surface area contributed by atoms with Crippen LogP contribution in [0.4, 0.5) is 4.39 Å². The van der Waals surface area contributed by atoms with Crippen molar-refractivity contribution in [2.24, 2.45) is 0 Å². The molecular formula is C14H18ClFO2. The molecule has 0 amide bonds. The molecule has 1 saturated carbocycles. The summed E-state index contributed by atoms with van der Waals surface area (Å²) in [4.78, 5) is 0. The van der Waals surface area contributed by atoms with E-state index in [-0.39, 0.29) is 11.9 Å². The minimum absolute atomic E-state index is 0.1000. The zero-order valence-electron chi connectivity index (χ0n) is 10.5. The highest BCUT2D eigenvalue weighted by Gasteiger charge is 2.34. The van der Waals surface area contributed by atoms with Crippen LogP contribution in [-0.2, 0) is 11.2 Å². The first-order chi connectivity index (χ1) is 8.52. The highest BCUT2D eigenvalue weighted by Crippen LogP contribution is 2.34. The van der Waals surface area contributed by atoms with Gasteiger partial charge < -0.3 is 9.84 Å². The Morgan fingerprint density at radius 2 is 2.33 bits per heavy atom. The summed E-state index contributed by atoms with van der Waals surface area (Å²) >= 11 is 6.00. The third-order valence-corrected chi connectivity index (χ3v) is 4.00. The lowest BCUT2D eigenvalue weighted by Crippen LogP contribution is -2.40. The van der Waals surface area contributed by atoms with Crippen molar-refractivity contribution in [3.8, 4) is 0 Å². The summed E-state index contributed by atoms with van der Waals surface area (Å²) in [5.74, 6) is -0.353. The maximum absolute atomic E-state index is 13.0. The fraction of sp³-hybridized carbons (Fsp3) is 0.571. The molecule has 2 atom stereocenters. The second kappa shape index (κ2) is 5.55. The summed E-state index contributed by atoms with van der Waals surface area (Å²) in [6, 6.07) is 4.31. The van der Waals surface area contributed by atoms with E-state index in [1.54, 1.807) is 13.2 Å². The van der Waals surface area contributed by atoms with Crippen LogP contribution in [0, 0.1) is 5.82 Å². The van der Waals surface area contributed by atoms with E-state index >= 15 is 0 Å². The smallest absolute Gasteiger partial charge is 0.124 e. The number of ether oxygens (including phenoxy) is 1. The van der Waals surface area contributed by atoms with E-state index in [0.717, 1.165) is 24.8 Å². The minimum atomic E-state index is -0.791. The maximum Gasteiger partial charge on any atom is 0.124 e. The predicted molar refractivity (Wildman–Crippen MR) is 69.3 cm³/mol. The summed E-state index contributed by atoms with van der Waals surface area (Å²) < 4.78 is 18.3. The van der Waals surface area contributed by atoms with Crippen molar-refractivity contribution in [1.29, 1.82) is 0 Å². The second-order valence-electron chi connectivity index (χ2n) is 5.09. The van der Waals surface area contributed by atoms with Crippen LogP contribution in [0.5, 0.6) is 0 Å². The van der Waals surface area contributed by atoms with Crippen LogP contribution in [0.2, 0.25) is 5.02 Å². The molecule has 0 heterocycles. The van der Waals surface area contributed by atoms with E-state index in [1.165, 1.54) is 12.1 Å². The van der Waals surface area contributed by atoms with Crippen LogP contribution in [0.25, 0.3) is 0 Å². The molecule has 0 bridgehead atoms. The number of aliphatic hydroxyl groups is 1. The van der Waals surface area contributed by atoms with Crippen molar-refractivity contribution in [2.45, 2.75) is 43.8 Å². The lowest BCUT2D eigenvalue weighted by molar-refractivity contribution is -0.0581. The topological polar surface area (TPSA) is 29.5 Å². The minimum Gasteiger partial charge on any atom is -0.389 e. The molecule has 1 aliphatic carbocycles. The first-order valence-corrected chi connectivity index (χ1v) is 6.59. The molecule has 1 fully saturated rings. The average molecular weight is 273 g/mol. The van der Waals surface area contributed by atoms with Crippen LogP contribution in [0.1, 0.15) is 31.2 Å². The molecule has 18 heavy (non-hydrogen) atoms. The van der Waals surface area contributed by atoms with Crippen LogP contribution in [0.3, 0.4) is 0 Å². The SMILES string of the molecule is COC1CCCC(O)(Cc2ccc(F)cc2Cl)C1. The third-order valence-electron chi connectivity index (χ3n) is 3.64. The van der Waals surface area contributed by atoms with Crippen LogP contribution >= 0.6 is 11.6 Å². The van der Waals surface area contributed by atoms with Gasteiger partial charge in [-0.3, -0.25) is 0 Å². The number of methoxy groups -OCH3 is 1. The van der Waals surface area contributed by atoms with Crippen molar-refractivity contribution in [3.05, 3.63) is 34.6 Å². The standard InChI is InChI=1S/C14H18ClFO2/c1-18-12-3-2-6-14(17,9-12)8-10-4-5-11(16)7-13(10)15/h4-5,7,12,17H,2-3,6,8-9H2,1H3. The summed E-state index contributed by atoms with van der Waals surface area (Å²) in [6.07, 6.45) is 3.82.